The summed E-state index contributed by atoms with van der Waals surface area (Å²) in [6.45, 7) is 1.70. The Kier molecular flexibility index (Phi) is 7.45. The minimum atomic E-state index is -0.529. The van der Waals surface area contributed by atoms with E-state index in [-0.39, 0.29) is 23.9 Å². The van der Waals surface area contributed by atoms with Crippen LogP contribution in [-0.2, 0) is 11.3 Å². The average Bonchev–Trinajstić information content (AvgIpc) is 2.88. The SMILES string of the molecule is CNC(C)C(=O)Nc1cnc(-c2ccc(F)cc2)n(Cc2cncc(Oc3ccc(F)cc3)c2)c1=O. The van der Waals surface area contributed by atoms with Gasteiger partial charge in [0.05, 0.1) is 25.0 Å². The van der Waals surface area contributed by atoms with Gasteiger partial charge in [0.2, 0.25) is 5.91 Å². The summed E-state index contributed by atoms with van der Waals surface area (Å²) in [4.78, 5) is 34.3. The van der Waals surface area contributed by atoms with E-state index in [4.69, 9.17) is 4.74 Å². The van der Waals surface area contributed by atoms with Crippen LogP contribution in [0.2, 0.25) is 0 Å². The number of anilines is 1. The zero-order valence-electron chi connectivity index (χ0n) is 19.5. The van der Waals surface area contributed by atoms with Crippen molar-refractivity contribution in [3.05, 3.63) is 101 Å². The minimum Gasteiger partial charge on any atom is -0.456 e. The molecular weight excluding hydrogens is 468 g/mol. The van der Waals surface area contributed by atoms with Gasteiger partial charge in [-0.05, 0) is 74.1 Å². The molecule has 1 unspecified atom stereocenters. The predicted molar refractivity (Wildman–Crippen MR) is 131 cm³/mol. The number of amides is 1. The third-order valence-corrected chi connectivity index (χ3v) is 5.39. The molecule has 0 radical (unpaired) electrons. The lowest BCUT2D eigenvalue weighted by atomic mass is 10.2. The van der Waals surface area contributed by atoms with E-state index in [0.717, 1.165) is 0 Å². The lowest BCUT2D eigenvalue weighted by molar-refractivity contribution is -0.117. The van der Waals surface area contributed by atoms with E-state index in [1.54, 1.807) is 26.2 Å². The maximum Gasteiger partial charge on any atom is 0.277 e. The van der Waals surface area contributed by atoms with Crippen LogP contribution in [0.4, 0.5) is 14.5 Å². The number of likely N-dealkylation sites (N-methyl/N-ethyl adjacent to an activating group) is 1. The number of hydrogen-bond donors (Lipinski definition) is 2. The fraction of sp³-hybridized carbons (Fsp3) is 0.154. The molecule has 2 aromatic carbocycles. The van der Waals surface area contributed by atoms with Crippen molar-refractivity contribution in [3.63, 3.8) is 0 Å². The van der Waals surface area contributed by atoms with Crippen molar-refractivity contribution < 1.29 is 18.3 Å². The van der Waals surface area contributed by atoms with E-state index in [1.165, 1.54) is 65.5 Å². The van der Waals surface area contributed by atoms with Gasteiger partial charge in [-0.3, -0.25) is 19.1 Å². The Bertz CT molecular complexity index is 1420. The van der Waals surface area contributed by atoms with E-state index >= 15 is 0 Å². The van der Waals surface area contributed by atoms with E-state index < -0.39 is 23.3 Å². The molecule has 36 heavy (non-hydrogen) atoms. The van der Waals surface area contributed by atoms with Gasteiger partial charge in [0.1, 0.15) is 34.6 Å². The zero-order valence-corrected chi connectivity index (χ0v) is 19.5. The summed E-state index contributed by atoms with van der Waals surface area (Å²) in [5, 5.41) is 5.41. The van der Waals surface area contributed by atoms with Gasteiger partial charge in [-0.15, -0.1) is 0 Å². The van der Waals surface area contributed by atoms with Gasteiger partial charge in [-0.25, -0.2) is 13.8 Å². The molecule has 4 aromatic rings. The molecule has 0 aliphatic heterocycles. The first kappa shape index (κ1) is 24.7. The second kappa shape index (κ2) is 10.9. The molecule has 0 aliphatic carbocycles. The van der Waals surface area contributed by atoms with Gasteiger partial charge in [-0.1, -0.05) is 0 Å². The molecule has 1 atom stereocenters. The number of hydrogen-bond acceptors (Lipinski definition) is 6. The summed E-state index contributed by atoms with van der Waals surface area (Å²) in [7, 11) is 1.63. The van der Waals surface area contributed by atoms with Crippen molar-refractivity contribution in [1.82, 2.24) is 19.9 Å². The molecular formula is C26H23F2N5O3. The number of rotatable bonds is 8. The summed E-state index contributed by atoms with van der Waals surface area (Å²) in [6, 6.07) is 12.3. The minimum absolute atomic E-state index is 0.000336. The number of carbonyl (C=O) groups excluding carboxylic acids is 1. The van der Waals surface area contributed by atoms with Crippen LogP contribution in [0.25, 0.3) is 11.4 Å². The lowest BCUT2D eigenvalue weighted by Gasteiger charge is -2.16. The van der Waals surface area contributed by atoms with Gasteiger partial charge in [0.25, 0.3) is 5.56 Å². The van der Waals surface area contributed by atoms with Crippen LogP contribution in [0.3, 0.4) is 0 Å². The van der Waals surface area contributed by atoms with Gasteiger partial charge in [-0.2, -0.15) is 0 Å². The van der Waals surface area contributed by atoms with Crippen molar-refractivity contribution in [2.24, 2.45) is 0 Å². The van der Waals surface area contributed by atoms with Crippen molar-refractivity contribution in [1.29, 1.82) is 0 Å². The molecule has 0 saturated carbocycles. The van der Waals surface area contributed by atoms with Gasteiger partial charge in [0, 0.05) is 11.8 Å². The van der Waals surface area contributed by atoms with Crippen molar-refractivity contribution in [3.8, 4) is 22.9 Å². The highest BCUT2D eigenvalue weighted by atomic mass is 19.1. The topological polar surface area (TPSA) is 98.1 Å². The van der Waals surface area contributed by atoms with Crippen LogP contribution in [0.15, 0.2) is 78.0 Å². The second-order valence-electron chi connectivity index (χ2n) is 7.98. The zero-order chi connectivity index (χ0) is 25.7. The molecule has 4 rings (SSSR count). The number of aromatic nitrogens is 3. The molecule has 0 bridgehead atoms. The first-order valence-electron chi connectivity index (χ1n) is 11.1. The Morgan fingerprint density at radius 2 is 1.67 bits per heavy atom. The number of ether oxygens (including phenoxy) is 1. The number of benzene rings is 2. The quantitative estimate of drug-likeness (QED) is 0.387. The number of carbonyl (C=O) groups is 1. The summed E-state index contributed by atoms with van der Waals surface area (Å²) in [5.74, 6) is -0.114. The highest BCUT2D eigenvalue weighted by Crippen LogP contribution is 2.23. The standard InChI is InChI=1S/C26H23F2N5O3/c1-16(29-2)25(34)32-23-14-31-24(18-3-5-19(27)6-4-18)33(26(23)35)15-17-11-22(13-30-12-17)36-21-9-7-20(28)8-10-21/h3-14,16,29H,15H2,1-2H3,(H,32,34). The molecule has 2 heterocycles. The Hall–Kier alpha value is -4.44. The molecule has 0 saturated heterocycles. The van der Waals surface area contributed by atoms with Crippen LogP contribution in [0.5, 0.6) is 11.5 Å². The third kappa shape index (κ3) is 5.78. The van der Waals surface area contributed by atoms with Gasteiger partial charge < -0.3 is 15.4 Å². The maximum atomic E-state index is 13.5. The van der Waals surface area contributed by atoms with E-state index in [0.29, 0.717) is 22.6 Å². The molecule has 1 amide bonds. The van der Waals surface area contributed by atoms with Crippen LogP contribution in [0.1, 0.15) is 12.5 Å². The average molecular weight is 491 g/mol. The van der Waals surface area contributed by atoms with Crippen LogP contribution in [0, 0.1) is 11.6 Å². The molecule has 184 valence electrons. The normalized spacial score (nSPS) is 11.7. The first-order chi connectivity index (χ1) is 17.3. The maximum absolute atomic E-state index is 13.5. The highest BCUT2D eigenvalue weighted by Gasteiger charge is 2.17. The molecule has 2 aromatic heterocycles. The summed E-state index contributed by atoms with van der Waals surface area (Å²) < 4.78 is 33.8. The Balaban J connectivity index is 1.70. The molecule has 10 heteroatoms. The van der Waals surface area contributed by atoms with Crippen molar-refractivity contribution in [2.45, 2.75) is 19.5 Å². The van der Waals surface area contributed by atoms with E-state index in [9.17, 15) is 18.4 Å². The summed E-state index contributed by atoms with van der Waals surface area (Å²) in [6.07, 6.45) is 4.33. The van der Waals surface area contributed by atoms with Crippen molar-refractivity contribution >= 4 is 11.6 Å². The molecule has 8 nitrogen and oxygen atoms in total. The lowest BCUT2D eigenvalue weighted by Crippen LogP contribution is -2.38. The molecule has 0 fully saturated rings. The third-order valence-electron chi connectivity index (χ3n) is 5.39. The summed E-state index contributed by atoms with van der Waals surface area (Å²) >= 11 is 0. The van der Waals surface area contributed by atoms with Crippen molar-refractivity contribution in [2.75, 3.05) is 12.4 Å². The summed E-state index contributed by atoms with van der Waals surface area (Å²) in [5.41, 5.74) is 0.626. The van der Waals surface area contributed by atoms with Crippen LogP contribution < -0.4 is 20.9 Å². The number of pyridine rings is 1. The van der Waals surface area contributed by atoms with E-state index in [1.807, 2.05) is 0 Å². The smallest absolute Gasteiger partial charge is 0.277 e. The van der Waals surface area contributed by atoms with E-state index in [2.05, 4.69) is 20.6 Å². The Morgan fingerprint density at radius 1 is 1.00 bits per heavy atom. The number of nitrogens with zero attached hydrogens (tertiary/aromatic N) is 3. The highest BCUT2D eigenvalue weighted by molar-refractivity contribution is 5.94. The molecule has 2 N–H and O–H groups in total. The predicted octanol–water partition coefficient (Wildman–Crippen LogP) is 3.97. The van der Waals surface area contributed by atoms with Crippen LogP contribution in [-0.4, -0.2) is 33.5 Å². The number of nitrogens with one attached hydrogen (secondary N) is 2. The largest absolute Gasteiger partial charge is 0.456 e. The second-order valence-corrected chi connectivity index (χ2v) is 7.98. The first-order valence-corrected chi connectivity index (χ1v) is 11.1. The Labute approximate surface area is 205 Å². The van der Waals surface area contributed by atoms with Gasteiger partial charge in [0.15, 0.2) is 0 Å². The molecule has 0 spiro atoms. The number of halogens is 2. The Morgan fingerprint density at radius 3 is 2.33 bits per heavy atom. The fourth-order valence-electron chi connectivity index (χ4n) is 3.35. The van der Waals surface area contributed by atoms with Gasteiger partial charge >= 0.3 is 0 Å². The van der Waals surface area contributed by atoms with Crippen LogP contribution >= 0.6 is 0 Å². The molecule has 0 aliphatic rings. The monoisotopic (exact) mass is 491 g/mol. The fourth-order valence-corrected chi connectivity index (χ4v) is 3.35.